The van der Waals surface area contributed by atoms with Crippen LogP contribution < -0.4 is 21.2 Å². The number of aliphatic hydroxyl groups excluding tert-OH is 1. The molecule has 0 saturated heterocycles. The van der Waals surface area contributed by atoms with Crippen LogP contribution in [-0.2, 0) is 16.1 Å². The van der Waals surface area contributed by atoms with E-state index in [0.29, 0.717) is 26.4 Å². The minimum Gasteiger partial charge on any atom is -0.394 e. The van der Waals surface area contributed by atoms with Gasteiger partial charge in [-0.1, -0.05) is 30.3 Å². The molecule has 0 spiro atoms. The molecule has 3 nitrogen and oxygen atoms in total. The van der Waals surface area contributed by atoms with E-state index in [1.807, 2.05) is 0 Å². The van der Waals surface area contributed by atoms with Gasteiger partial charge in [0, 0.05) is 0 Å². The molecule has 21 heavy (non-hydrogen) atoms. The lowest BCUT2D eigenvalue weighted by Crippen LogP contribution is -3.61. The van der Waals surface area contributed by atoms with E-state index < -0.39 is 0 Å². The SMILES string of the molecule is OCCOCCOCc1ccc([I+]c2ccccc2)cc1. The van der Waals surface area contributed by atoms with Crippen molar-refractivity contribution in [3.8, 4) is 0 Å². The van der Waals surface area contributed by atoms with Crippen LogP contribution in [-0.4, -0.2) is 31.5 Å². The summed E-state index contributed by atoms with van der Waals surface area (Å²) in [6.45, 7) is 2.12. The molecule has 0 aliphatic rings. The summed E-state index contributed by atoms with van der Waals surface area (Å²) in [4.78, 5) is 0. The molecule has 0 aromatic heterocycles. The van der Waals surface area contributed by atoms with Gasteiger partial charge in [-0.05, 0) is 29.8 Å². The molecule has 2 rings (SSSR count). The van der Waals surface area contributed by atoms with Gasteiger partial charge < -0.3 is 14.6 Å². The highest BCUT2D eigenvalue weighted by atomic mass is 127. The molecule has 112 valence electrons. The molecule has 0 unspecified atom stereocenters. The van der Waals surface area contributed by atoms with Crippen LogP contribution in [0.1, 0.15) is 5.56 Å². The Morgan fingerprint density at radius 3 is 2.14 bits per heavy atom. The first kappa shape index (κ1) is 16.4. The summed E-state index contributed by atoms with van der Waals surface area (Å²) in [7, 11) is 0. The number of halogens is 1. The highest BCUT2D eigenvalue weighted by molar-refractivity contribution is 5.13. The second-order valence-corrected chi connectivity index (χ2v) is 7.44. The molecule has 0 aliphatic heterocycles. The molecular weight excluding hydrogens is 379 g/mol. The van der Waals surface area contributed by atoms with Crippen LogP contribution in [0, 0.1) is 7.14 Å². The van der Waals surface area contributed by atoms with Gasteiger partial charge in [-0.15, -0.1) is 0 Å². The lowest BCUT2D eigenvalue weighted by atomic mass is 10.2. The van der Waals surface area contributed by atoms with E-state index in [2.05, 4.69) is 54.6 Å². The lowest BCUT2D eigenvalue weighted by Gasteiger charge is -2.04. The first-order chi connectivity index (χ1) is 10.4. The highest BCUT2D eigenvalue weighted by Crippen LogP contribution is 2.00. The van der Waals surface area contributed by atoms with E-state index in [9.17, 15) is 0 Å². The third-order valence-corrected chi connectivity index (χ3v) is 5.42. The molecule has 1 N–H and O–H groups in total. The second-order valence-electron chi connectivity index (χ2n) is 4.41. The number of hydrogen-bond donors (Lipinski definition) is 1. The van der Waals surface area contributed by atoms with Gasteiger partial charge in [0.1, 0.15) is 0 Å². The van der Waals surface area contributed by atoms with E-state index in [0.717, 1.165) is 0 Å². The quantitative estimate of drug-likeness (QED) is 0.450. The molecule has 0 fully saturated rings. The Balaban J connectivity index is 1.72. The zero-order valence-electron chi connectivity index (χ0n) is 11.9. The number of hydrogen-bond acceptors (Lipinski definition) is 3. The Labute approximate surface area is 136 Å². The van der Waals surface area contributed by atoms with Crippen LogP contribution in [0.15, 0.2) is 54.6 Å². The molecule has 0 heterocycles. The van der Waals surface area contributed by atoms with Crippen LogP contribution in [0.2, 0.25) is 0 Å². The Hall–Kier alpha value is -0.950. The molecule has 2 aromatic rings. The average Bonchev–Trinajstić information content (AvgIpc) is 2.53. The fraction of sp³-hybridized carbons (Fsp3) is 0.294. The Morgan fingerprint density at radius 1 is 0.762 bits per heavy atom. The molecule has 0 atom stereocenters. The number of ether oxygens (including phenoxy) is 2. The summed E-state index contributed by atoms with van der Waals surface area (Å²) in [5.74, 6) is 0. The van der Waals surface area contributed by atoms with Crippen molar-refractivity contribution in [3.63, 3.8) is 0 Å². The van der Waals surface area contributed by atoms with Crippen molar-refractivity contribution in [2.75, 3.05) is 26.4 Å². The van der Waals surface area contributed by atoms with Gasteiger partial charge in [-0.3, -0.25) is 0 Å². The van der Waals surface area contributed by atoms with Crippen LogP contribution in [0.3, 0.4) is 0 Å². The molecule has 0 bridgehead atoms. The third kappa shape index (κ3) is 6.56. The van der Waals surface area contributed by atoms with Crippen molar-refractivity contribution in [1.82, 2.24) is 0 Å². The lowest BCUT2D eigenvalue weighted by molar-refractivity contribution is -0.597. The first-order valence-electron chi connectivity index (χ1n) is 6.93. The largest absolute Gasteiger partial charge is 0.394 e. The maximum absolute atomic E-state index is 8.57. The molecule has 2 aromatic carbocycles. The van der Waals surface area contributed by atoms with Crippen molar-refractivity contribution in [2.45, 2.75) is 6.61 Å². The fourth-order valence-corrected chi connectivity index (χ4v) is 3.93. The highest BCUT2D eigenvalue weighted by Gasteiger charge is 2.14. The van der Waals surface area contributed by atoms with Crippen molar-refractivity contribution < 1.29 is 35.8 Å². The Bertz CT molecular complexity index is 499. The summed E-state index contributed by atoms with van der Waals surface area (Å²) in [6, 6.07) is 19.3. The minimum absolute atomic E-state index is 0.0615. The van der Waals surface area contributed by atoms with Crippen molar-refractivity contribution in [1.29, 1.82) is 0 Å². The predicted molar refractivity (Wildman–Crippen MR) is 77.8 cm³/mol. The van der Waals surface area contributed by atoms with E-state index in [1.54, 1.807) is 0 Å². The average molecular weight is 399 g/mol. The van der Waals surface area contributed by atoms with Crippen LogP contribution in [0.4, 0.5) is 0 Å². The smallest absolute Gasteiger partial charge is 0.357 e. The normalized spacial score (nSPS) is 10.7. The summed E-state index contributed by atoms with van der Waals surface area (Å²) in [6.07, 6.45) is 0. The standard InChI is InChI=1S/C17H20IO3/c19-10-11-20-12-13-21-14-15-6-8-17(9-7-15)18-16-4-2-1-3-5-16/h1-9,19H,10-14H2/q+1. The summed E-state index contributed by atoms with van der Waals surface area (Å²) in [5, 5.41) is 8.57. The van der Waals surface area contributed by atoms with Crippen LogP contribution >= 0.6 is 0 Å². The molecule has 4 heteroatoms. The second kappa shape index (κ2) is 9.89. The van der Waals surface area contributed by atoms with Gasteiger partial charge in [-0.2, -0.15) is 0 Å². The summed E-state index contributed by atoms with van der Waals surface area (Å²) in [5.41, 5.74) is 1.18. The number of benzene rings is 2. The number of aliphatic hydroxyl groups is 1. The zero-order chi connectivity index (χ0) is 14.8. The molecular formula is C17H20IO3+. The molecule has 0 aliphatic carbocycles. The molecule has 0 radical (unpaired) electrons. The van der Waals surface area contributed by atoms with Crippen molar-refractivity contribution >= 4 is 0 Å². The molecule has 0 saturated carbocycles. The van der Waals surface area contributed by atoms with Crippen molar-refractivity contribution in [2.24, 2.45) is 0 Å². The van der Waals surface area contributed by atoms with Crippen molar-refractivity contribution in [3.05, 3.63) is 67.3 Å². The van der Waals surface area contributed by atoms with Gasteiger partial charge in [-0.25, -0.2) is 0 Å². The first-order valence-corrected chi connectivity index (χ1v) is 9.09. The van der Waals surface area contributed by atoms with Gasteiger partial charge >= 0.3 is 21.2 Å². The van der Waals surface area contributed by atoms with Gasteiger partial charge in [0.05, 0.1) is 33.0 Å². The van der Waals surface area contributed by atoms with E-state index in [4.69, 9.17) is 14.6 Å². The topological polar surface area (TPSA) is 38.7 Å². The Kier molecular flexibility index (Phi) is 7.73. The fourth-order valence-electron chi connectivity index (χ4n) is 1.72. The summed E-state index contributed by atoms with van der Waals surface area (Å²) < 4.78 is 13.5. The van der Waals surface area contributed by atoms with Gasteiger partial charge in [0.2, 0.25) is 0 Å². The number of rotatable bonds is 9. The maximum Gasteiger partial charge on any atom is 0.357 e. The van der Waals surface area contributed by atoms with E-state index >= 15 is 0 Å². The predicted octanol–water partition coefficient (Wildman–Crippen LogP) is -0.659. The minimum atomic E-state index is -0.0926. The Morgan fingerprint density at radius 2 is 1.43 bits per heavy atom. The maximum atomic E-state index is 8.57. The van der Waals surface area contributed by atoms with Crippen LogP contribution in [0.5, 0.6) is 0 Å². The summed E-state index contributed by atoms with van der Waals surface area (Å²) >= 11 is -0.0926. The monoisotopic (exact) mass is 399 g/mol. The van der Waals surface area contributed by atoms with Crippen LogP contribution in [0.25, 0.3) is 0 Å². The third-order valence-electron chi connectivity index (χ3n) is 2.74. The zero-order valence-corrected chi connectivity index (χ0v) is 14.0. The van der Waals surface area contributed by atoms with Gasteiger partial charge in [0.25, 0.3) is 0 Å². The van der Waals surface area contributed by atoms with E-state index in [-0.39, 0.29) is 27.8 Å². The van der Waals surface area contributed by atoms with Gasteiger partial charge in [0.15, 0.2) is 7.14 Å². The molecule has 0 amide bonds. The van der Waals surface area contributed by atoms with E-state index in [1.165, 1.54) is 12.7 Å².